The van der Waals surface area contributed by atoms with E-state index in [9.17, 15) is 4.79 Å². The Morgan fingerprint density at radius 1 is 1.32 bits per heavy atom. The van der Waals surface area contributed by atoms with Gasteiger partial charge in [-0.3, -0.25) is 4.79 Å². The van der Waals surface area contributed by atoms with Crippen molar-refractivity contribution in [2.45, 2.75) is 39.8 Å². The predicted octanol–water partition coefficient (Wildman–Crippen LogP) is 3.23. The van der Waals surface area contributed by atoms with Crippen molar-refractivity contribution in [2.75, 3.05) is 7.05 Å². The largest absolute Gasteiger partial charge is 0.338 e. The number of rotatable bonds is 3. The SMILES string of the molecule is CC(c1ccccc1Cl)N(C)C(=O)[C@H](N)C(C)(C)C. The summed E-state index contributed by atoms with van der Waals surface area (Å²) in [6.07, 6.45) is 0. The number of benzene rings is 1. The van der Waals surface area contributed by atoms with Crippen LogP contribution in [-0.2, 0) is 4.79 Å². The molecule has 0 saturated carbocycles. The van der Waals surface area contributed by atoms with Gasteiger partial charge in [0.05, 0.1) is 12.1 Å². The van der Waals surface area contributed by atoms with E-state index >= 15 is 0 Å². The number of hydrogen-bond acceptors (Lipinski definition) is 2. The molecule has 0 bridgehead atoms. The predicted molar refractivity (Wildman–Crippen MR) is 80.1 cm³/mol. The molecule has 1 aromatic rings. The van der Waals surface area contributed by atoms with E-state index in [1.165, 1.54) is 0 Å². The number of nitrogens with two attached hydrogens (primary N) is 1. The summed E-state index contributed by atoms with van der Waals surface area (Å²) >= 11 is 6.17. The van der Waals surface area contributed by atoms with Gasteiger partial charge in [-0.05, 0) is 24.0 Å². The van der Waals surface area contributed by atoms with Crippen molar-refractivity contribution in [3.05, 3.63) is 34.9 Å². The summed E-state index contributed by atoms with van der Waals surface area (Å²) in [5.74, 6) is -0.0695. The van der Waals surface area contributed by atoms with Crippen LogP contribution >= 0.6 is 11.6 Å². The molecule has 1 aromatic carbocycles. The average Bonchev–Trinajstić information content (AvgIpc) is 2.34. The van der Waals surface area contributed by atoms with Gasteiger partial charge in [0, 0.05) is 12.1 Å². The van der Waals surface area contributed by atoms with E-state index in [2.05, 4.69) is 0 Å². The fourth-order valence-corrected chi connectivity index (χ4v) is 2.10. The van der Waals surface area contributed by atoms with Gasteiger partial charge in [0.15, 0.2) is 0 Å². The van der Waals surface area contributed by atoms with Gasteiger partial charge in [0.25, 0.3) is 0 Å². The van der Waals surface area contributed by atoms with Crippen molar-refractivity contribution in [3.63, 3.8) is 0 Å². The van der Waals surface area contributed by atoms with Crippen LogP contribution < -0.4 is 5.73 Å². The smallest absolute Gasteiger partial charge is 0.240 e. The molecule has 0 aliphatic heterocycles. The third-order valence-corrected chi connectivity index (χ3v) is 3.83. The number of nitrogens with zero attached hydrogens (tertiary/aromatic N) is 1. The molecular formula is C15H23ClN2O. The molecule has 106 valence electrons. The summed E-state index contributed by atoms with van der Waals surface area (Å²) < 4.78 is 0. The molecule has 0 spiro atoms. The van der Waals surface area contributed by atoms with Crippen molar-refractivity contribution >= 4 is 17.5 Å². The minimum absolute atomic E-state index is 0.0695. The monoisotopic (exact) mass is 282 g/mol. The van der Waals surface area contributed by atoms with E-state index in [1.807, 2.05) is 52.0 Å². The van der Waals surface area contributed by atoms with E-state index in [4.69, 9.17) is 17.3 Å². The summed E-state index contributed by atoms with van der Waals surface area (Å²) in [5, 5.41) is 0.666. The fraction of sp³-hybridized carbons (Fsp3) is 0.533. The number of halogens is 1. The first-order valence-corrected chi connectivity index (χ1v) is 6.80. The Kier molecular flexibility index (Phi) is 4.99. The van der Waals surface area contributed by atoms with Gasteiger partial charge in [-0.25, -0.2) is 0 Å². The van der Waals surface area contributed by atoms with Gasteiger partial charge < -0.3 is 10.6 Å². The number of carbonyl (C=O) groups excluding carboxylic acids is 1. The number of likely N-dealkylation sites (N-methyl/N-ethyl adjacent to an activating group) is 1. The van der Waals surface area contributed by atoms with Crippen LogP contribution in [0.25, 0.3) is 0 Å². The maximum absolute atomic E-state index is 12.4. The average molecular weight is 283 g/mol. The van der Waals surface area contributed by atoms with Crippen molar-refractivity contribution in [3.8, 4) is 0 Å². The van der Waals surface area contributed by atoms with E-state index < -0.39 is 6.04 Å². The van der Waals surface area contributed by atoms with E-state index in [1.54, 1.807) is 11.9 Å². The highest BCUT2D eigenvalue weighted by atomic mass is 35.5. The highest BCUT2D eigenvalue weighted by Gasteiger charge is 2.31. The lowest BCUT2D eigenvalue weighted by Gasteiger charge is -2.33. The van der Waals surface area contributed by atoms with Crippen molar-refractivity contribution in [2.24, 2.45) is 11.1 Å². The minimum Gasteiger partial charge on any atom is -0.338 e. The quantitative estimate of drug-likeness (QED) is 0.925. The van der Waals surface area contributed by atoms with Gasteiger partial charge in [0.1, 0.15) is 0 Å². The molecule has 2 atom stereocenters. The molecular weight excluding hydrogens is 260 g/mol. The van der Waals surface area contributed by atoms with Crippen LogP contribution in [0.15, 0.2) is 24.3 Å². The zero-order chi connectivity index (χ0) is 14.8. The van der Waals surface area contributed by atoms with Gasteiger partial charge in [-0.2, -0.15) is 0 Å². The molecule has 1 amide bonds. The lowest BCUT2D eigenvalue weighted by atomic mass is 9.86. The Hall–Kier alpha value is -1.06. The van der Waals surface area contributed by atoms with Gasteiger partial charge in [-0.1, -0.05) is 50.6 Å². The van der Waals surface area contributed by atoms with Crippen molar-refractivity contribution in [1.29, 1.82) is 0 Å². The number of hydrogen-bond donors (Lipinski definition) is 1. The zero-order valence-electron chi connectivity index (χ0n) is 12.3. The molecule has 0 heterocycles. The molecule has 0 aromatic heterocycles. The standard InChI is InChI=1S/C15H23ClN2O/c1-10(11-8-6-7-9-12(11)16)18(5)14(19)13(17)15(2,3)4/h6-10,13H,17H2,1-5H3/t10?,13-/m0/s1. The summed E-state index contributed by atoms with van der Waals surface area (Å²) in [6, 6.07) is 6.92. The second-order valence-electron chi connectivity index (χ2n) is 5.99. The fourth-order valence-electron chi connectivity index (χ4n) is 1.80. The zero-order valence-corrected chi connectivity index (χ0v) is 13.0. The third kappa shape index (κ3) is 3.71. The van der Waals surface area contributed by atoms with Crippen LogP contribution in [0, 0.1) is 5.41 Å². The number of carbonyl (C=O) groups is 1. The summed E-state index contributed by atoms with van der Waals surface area (Å²) in [5.41, 5.74) is 6.70. The minimum atomic E-state index is -0.526. The topological polar surface area (TPSA) is 46.3 Å². The molecule has 3 nitrogen and oxygen atoms in total. The van der Waals surface area contributed by atoms with Crippen LogP contribution in [-0.4, -0.2) is 23.9 Å². The van der Waals surface area contributed by atoms with E-state index in [-0.39, 0.29) is 17.4 Å². The molecule has 1 rings (SSSR count). The second-order valence-corrected chi connectivity index (χ2v) is 6.40. The van der Waals surface area contributed by atoms with Gasteiger partial charge >= 0.3 is 0 Å². The van der Waals surface area contributed by atoms with Crippen LogP contribution in [0.2, 0.25) is 5.02 Å². The van der Waals surface area contributed by atoms with E-state index in [0.717, 1.165) is 5.56 Å². The van der Waals surface area contributed by atoms with Crippen LogP contribution in [0.5, 0.6) is 0 Å². The summed E-state index contributed by atoms with van der Waals surface area (Å²) in [7, 11) is 1.77. The maximum atomic E-state index is 12.4. The van der Waals surface area contributed by atoms with Crippen molar-refractivity contribution in [1.82, 2.24) is 4.90 Å². The highest BCUT2D eigenvalue weighted by Crippen LogP contribution is 2.28. The Labute approximate surface area is 120 Å². The van der Waals surface area contributed by atoms with Crippen molar-refractivity contribution < 1.29 is 4.79 Å². The van der Waals surface area contributed by atoms with E-state index in [0.29, 0.717) is 5.02 Å². The lowest BCUT2D eigenvalue weighted by Crippen LogP contribution is -2.49. The van der Waals surface area contributed by atoms with Crippen LogP contribution in [0.4, 0.5) is 0 Å². The molecule has 19 heavy (non-hydrogen) atoms. The second kappa shape index (κ2) is 5.93. The molecule has 0 fully saturated rings. The van der Waals surface area contributed by atoms with Crippen LogP contribution in [0.1, 0.15) is 39.3 Å². The van der Waals surface area contributed by atoms with Gasteiger partial charge in [-0.15, -0.1) is 0 Å². The maximum Gasteiger partial charge on any atom is 0.240 e. The molecule has 0 saturated heterocycles. The molecule has 2 N–H and O–H groups in total. The molecule has 0 aliphatic carbocycles. The summed E-state index contributed by atoms with van der Waals surface area (Å²) in [6.45, 7) is 7.84. The highest BCUT2D eigenvalue weighted by molar-refractivity contribution is 6.31. The molecule has 0 aliphatic rings. The van der Waals surface area contributed by atoms with Gasteiger partial charge in [0.2, 0.25) is 5.91 Å². The molecule has 0 radical (unpaired) electrons. The normalized spacial score (nSPS) is 14.9. The first-order chi connectivity index (χ1) is 8.66. The summed E-state index contributed by atoms with van der Waals surface area (Å²) in [4.78, 5) is 14.0. The number of amides is 1. The Bertz CT molecular complexity index is 454. The molecule has 1 unspecified atom stereocenters. The van der Waals surface area contributed by atoms with Crippen LogP contribution in [0.3, 0.4) is 0 Å². The third-order valence-electron chi connectivity index (χ3n) is 3.48. The first-order valence-electron chi connectivity index (χ1n) is 6.43. The molecule has 4 heteroatoms. The Balaban J connectivity index is 2.92. The first kappa shape index (κ1) is 16.0. The Morgan fingerprint density at radius 2 is 1.84 bits per heavy atom. The lowest BCUT2D eigenvalue weighted by molar-refractivity contribution is -0.135. The Morgan fingerprint density at radius 3 is 2.32 bits per heavy atom.